The van der Waals surface area contributed by atoms with Gasteiger partial charge in [0.15, 0.2) is 5.82 Å². The lowest BCUT2D eigenvalue weighted by Gasteiger charge is -2.17. The fourth-order valence-corrected chi connectivity index (χ4v) is 2.59. The number of nitrogens with zero attached hydrogens (tertiary/aromatic N) is 2. The largest absolute Gasteiger partial charge is 0.309 e. The minimum atomic E-state index is -0.418. The Balaban J connectivity index is 1.79. The molecule has 150 valence electrons. The van der Waals surface area contributed by atoms with Gasteiger partial charge >= 0.3 is 0 Å². The van der Waals surface area contributed by atoms with Crippen molar-refractivity contribution in [3.8, 4) is 11.3 Å². The molecule has 0 saturated heterocycles. The van der Waals surface area contributed by atoms with Crippen LogP contribution in [0.2, 0.25) is 0 Å². The summed E-state index contributed by atoms with van der Waals surface area (Å²) < 4.78 is 13.1. The molecule has 0 bridgehead atoms. The third-order valence-electron chi connectivity index (χ3n) is 3.97. The van der Waals surface area contributed by atoms with Crippen molar-refractivity contribution >= 4 is 17.7 Å². The van der Waals surface area contributed by atoms with Crippen LogP contribution in [0.3, 0.4) is 0 Å². The highest BCUT2D eigenvalue weighted by Crippen LogP contribution is 2.20. The van der Waals surface area contributed by atoms with Crippen molar-refractivity contribution < 1.29 is 9.18 Å². The number of carbonyl (C=O) groups excluding carboxylic acids is 1. The number of halogens is 1. The highest BCUT2D eigenvalue weighted by Gasteiger charge is 2.15. The molecule has 3 rings (SSSR count). The van der Waals surface area contributed by atoms with Crippen molar-refractivity contribution in [3.05, 3.63) is 71.5 Å². The lowest BCUT2D eigenvalue weighted by Crippen LogP contribution is -2.38. The van der Waals surface area contributed by atoms with E-state index in [-0.39, 0.29) is 11.7 Å². The van der Waals surface area contributed by atoms with Crippen LogP contribution in [0.25, 0.3) is 11.3 Å². The van der Waals surface area contributed by atoms with Crippen molar-refractivity contribution in [3.63, 3.8) is 0 Å². The Morgan fingerprint density at radius 1 is 1.07 bits per heavy atom. The predicted octanol–water partition coefficient (Wildman–Crippen LogP) is 4.52. The third kappa shape index (κ3) is 5.75. The van der Waals surface area contributed by atoms with E-state index in [4.69, 9.17) is 0 Å². The van der Waals surface area contributed by atoms with Crippen LogP contribution in [0.1, 0.15) is 36.7 Å². The van der Waals surface area contributed by atoms with E-state index < -0.39 is 5.54 Å². The monoisotopic (exact) mass is 393 g/mol. The molecular formula is C22H24FN5O. The van der Waals surface area contributed by atoms with E-state index in [0.717, 1.165) is 11.1 Å². The summed E-state index contributed by atoms with van der Waals surface area (Å²) in [6, 6.07) is 15.2. The number of nitrogens with one attached hydrogen (secondary N) is 3. The highest BCUT2D eigenvalue weighted by atomic mass is 19.1. The summed E-state index contributed by atoms with van der Waals surface area (Å²) in [4.78, 5) is 17.2. The van der Waals surface area contributed by atoms with Crippen molar-refractivity contribution in [2.75, 3.05) is 5.32 Å². The van der Waals surface area contributed by atoms with E-state index in [1.54, 1.807) is 30.3 Å². The van der Waals surface area contributed by atoms with Gasteiger partial charge in [0, 0.05) is 11.6 Å². The Kier molecular flexibility index (Phi) is 5.77. The van der Waals surface area contributed by atoms with Gasteiger partial charge in [0.1, 0.15) is 5.82 Å². The maximum atomic E-state index is 13.1. The van der Waals surface area contributed by atoms with E-state index in [0.29, 0.717) is 23.0 Å². The molecule has 0 unspecified atom stereocenters. The molecule has 0 atom stereocenters. The molecule has 0 aliphatic rings. The van der Waals surface area contributed by atoms with Gasteiger partial charge in [0.25, 0.3) is 5.91 Å². The molecule has 2 aromatic carbocycles. The van der Waals surface area contributed by atoms with Crippen LogP contribution in [0.15, 0.2) is 59.6 Å². The average Bonchev–Trinajstić information content (AvgIpc) is 3.09. The topological polar surface area (TPSA) is 82.2 Å². The van der Waals surface area contributed by atoms with Crippen molar-refractivity contribution in [2.45, 2.75) is 33.2 Å². The quantitative estimate of drug-likeness (QED) is 0.452. The van der Waals surface area contributed by atoms with E-state index in [2.05, 4.69) is 25.8 Å². The van der Waals surface area contributed by atoms with Gasteiger partial charge in [-0.05, 0) is 69.7 Å². The fourth-order valence-electron chi connectivity index (χ4n) is 2.59. The molecule has 0 saturated carbocycles. The molecule has 1 amide bonds. The number of amides is 1. The first-order chi connectivity index (χ1) is 13.7. The number of benzene rings is 2. The summed E-state index contributed by atoms with van der Waals surface area (Å²) in [5, 5.41) is 13.0. The number of aryl methyl sites for hydroxylation is 1. The number of hydrogen-bond donors (Lipinski definition) is 3. The normalized spacial score (nSPS) is 12.0. The van der Waals surface area contributed by atoms with Gasteiger partial charge in [-0.2, -0.15) is 5.10 Å². The minimum Gasteiger partial charge on any atom is -0.309 e. The first-order valence-corrected chi connectivity index (χ1v) is 9.26. The zero-order valence-corrected chi connectivity index (χ0v) is 16.9. The standard InChI is InChI=1S/C22H24FN5O/c1-14-5-7-16(8-6-14)20(29)25-21(26-22(2,3)4)24-19-13-18(27-28-19)15-9-11-17(23)12-10-15/h5-13H,1-4H3,(H3,24,25,26,27,28,29). The molecule has 29 heavy (non-hydrogen) atoms. The smallest absolute Gasteiger partial charge is 0.257 e. The SMILES string of the molecule is Cc1ccc(C(=O)NC(=NC(C)(C)C)Nc2cc(-c3ccc(F)cc3)[nH]n2)cc1. The Hall–Kier alpha value is -3.48. The van der Waals surface area contributed by atoms with Gasteiger partial charge in [-0.15, -0.1) is 0 Å². The van der Waals surface area contributed by atoms with Gasteiger partial charge in [-0.3, -0.25) is 15.2 Å². The summed E-state index contributed by atoms with van der Waals surface area (Å²) in [7, 11) is 0. The van der Waals surface area contributed by atoms with Crippen LogP contribution >= 0.6 is 0 Å². The molecule has 1 aromatic heterocycles. The average molecular weight is 393 g/mol. The highest BCUT2D eigenvalue weighted by molar-refractivity contribution is 6.09. The number of carbonyl (C=O) groups is 1. The number of aromatic nitrogens is 2. The molecule has 0 aliphatic carbocycles. The molecule has 0 fully saturated rings. The van der Waals surface area contributed by atoms with Gasteiger partial charge in [0.05, 0.1) is 11.2 Å². The summed E-state index contributed by atoms with van der Waals surface area (Å²) in [5.74, 6) is 0.205. The van der Waals surface area contributed by atoms with Crippen molar-refractivity contribution in [1.82, 2.24) is 15.5 Å². The van der Waals surface area contributed by atoms with E-state index >= 15 is 0 Å². The second-order valence-electron chi connectivity index (χ2n) is 7.75. The number of aromatic amines is 1. The van der Waals surface area contributed by atoms with Crippen LogP contribution in [-0.4, -0.2) is 27.6 Å². The number of anilines is 1. The number of guanidine groups is 1. The molecular weight excluding hydrogens is 369 g/mol. The zero-order valence-electron chi connectivity index (χ0n) is 16.9. The van der Waals surface area contributed by atoms with E-state index in [1.807, 2.05) is 39.8 Å². The summed E-state index contributed by atoms with van der Waals surface area (Å²) in [6.45, 7) is 7.76. The van der Waals surface area contributed by atoms with Crippen molar-refractivity contribution in [2.24, 2.45) is 4.99 Å². The number of aliphatic imine (C=N–C) groups is 1. The van der Waals surface area contributed by atoms with E-state index in [1.165, 1.54) is 12.1 Å². The van der Waals surface area contributed by atoms with Crippen LogP contribution < -0.4 is 10.6 Å². The number of hydrogen-bond acceptors (Lipinski definition) is 3. The van der Waals surface area contributed by atoms with E-state index in [9.17, 15) is 9.18 Å². The summed E-state index contributed by atoms with van der Waals surface area (Å²) in [6.07, 6.45) is 0. The molecule has 7 heteroatoms. The Bertz CT molecular complexity index is 1010. The van der Waals surface area contributed by atoms with Crippen LogP contribution in [0, 0.1) is 12.7 Å². The van der Waals surface area contributed by atoms with Gasteiger partial charge in [0.2, 0.25) is 5.96 Å². The molecule has 0 spiro atoms. The molecule has 6 nitrogen and oxygen atoms in total. The second kappa shape index (κ2) is 8.26. The Morgan fingerprint density at radius 2 is 1.72 bits per heavy atom. The van der Waals surface area contributed by atoms with Crippen LogP contribution in [0.4, 0.5) is 10.2 Å². The van der Waals surface area contributed by atoms with Crippen LogP contribution in [-0.2, 0) is 0 Å². The lowest BCUT2D eigenvalue weighted by atomic mass is 10.1. The number of rotatable bonds is 3. The summed E-state index contributed by atoms with van der Waals surface area (Å²) in [5.41, 5.74) is 2.71. The molecule has 3 N–H and O–H groups in total. The van der Waals surface area contributed by atoms with Gasteiger partial charge in [-0.25, -0.2) is 9.38 Å². The Labute approximate surface area is 169 Å². The Morgan fingerprint density at radius 3 is 2.34 bits per heavy atom. The maximum Gasteiger partial charge on any atom is 0.257 e. The fraction of sp³-hybridized carbons (Fsp3) is 0.227. The third-order valence-corrected chi connectivity index (χ3v) is 3.97. The molecule has 0 radical (unpaired) electrons. The lowest BCUT2D eigenvalue weighted by molar-refractivity contribution is 0.0977. The first-order valence-electron chi connectivity index (χ1n) is 9.26. The zero-order chi connectivity index (χ0) is 21.0. The number of H-pyrrole nitrogens is 1. The van der Waals surface area contributed by atoms with Gasteiger partial charge in [-0.1, -0.05) is 17.7 Å². The van der Waals surface area contributed by atoms with Crippen LogP contribution in [0.5, 0.6) is 0 Å². The molecule has 3 aromatic rings. The molecule has 0 aliphatic heterocycles. The van der Waals surface area contributed by atoms with Crippen molar-refractivity contribution in [1.29, 1.82) is 0 Å². The molecule has 1 heterocycles. The minimum absolute atomic E-state index is 0.269. The second-order valence-corrected chi connectivity index (χ2v) is 7.75. The summed E-state index contributed by atoms with van der Waals surface area (Å²) >= 11 is 0. The van der Waals surface area contributed by atoms with Gasteiger partial charge < -0.3 is 5.32 Å². The first kappa shape index (κ1) is 20.3. The maximum absolute atomic E-state index is 13.1. The predicted molar refractivity (Wildman–Crippen MR) is 113 cm³/mol.